The molecule has 4 nitrogen and oxygen atoms in total. The number of aryl methyl sites for hydroxylation is 1. The molecule has 0 amide bonds. The molecule has 1 aliphatic rings. The topological polar surface area (TPSA) is 58.9 Å². The van der Waals surface area contributed by atoms with Gasteiger partial charge < -0.3 is 19.7 Å². The molecular weight excluding hydrogens is 821 g/mol. The SMILES string of the molecule is CC=Cc1c(C)cc(C(O)(c2cc3ccccc3c3ccccc23)C2OC(C)(C)OC2C(O)(c2cc3ccccc3c3ccccc23)c2cc3ccccc3c3ccccc23)c2ccccc12. The minimum Gasteiger partial charge on any atom is -0.377 e. The maximum Gasteiger partial charge on any atom is 0.164 e. The second-order valence-corrected chi connectivity index (χ2v) is 18.8. The lowest BCUT2D eigenvalue weighted by atomic mass is 9.68. The Morgan fingerprint density at radius 1 is 0.403 bits per heavy atom. The summed E-state index contributed by atoms with van der Waals surface area (Å²) in [5.74, 6) is -1.28. The molecule has 3 unspecified atom stereocenters. The molecule has 2 N–H and O–H groups in total. The van der Waals surface area contributed by atoms with Crippen LogP contribution in [0.25, 0.3) is 81.5 Å². The molecule has 0 saturated carbocycles. The molecule has 4 heteroatoms. The Morgan fingerprint density at radius 3 is 1.04 bits per heavy atom. The van der Waals surface area contributed by atoms with E-state index in [0.29, 0.717) is 22.3 Å². The second-order valence-electron chi connectivity index (χ2n) is 18.8. The summed E-state index contributed by atoms with van der Waals surface area (Å²) in [5, 5.41) is 43.8. The summed E-state index contributed by atoms with van der Waals surface area (Å²) >= 11 is 0. The minimum absolute atomic E-state index is 0.661. The highest BCUT2D eigenvalue weighted by Gasteiger charge is 2.62. The van der Waals surface area contributed by atoms with Gasteiger partial charge in [0.15, 0.2) is 5.79 Å². The van der Waals surface area contributed by atoms with Gasteiger partial charge in [0.05, 0.1) is 0 Å². The van der Waals surface area contributed by atoms with Crippen LogP contribution in [0.5, 0.6) is 0 Å². The molecule has 1 heterocycles. The first-order valence-corrected chi connectivity index (χ1v) is 23.3. The highest BCUT2D eigenvalue weighted by molar-refractivity contribution is 6.13. The summed E-state index contributed by atoms with van der Waals surface area (Å²) in [5.41, 5.74) is 0.824. The van der Waals surface area contributed by atoms with Crippen molar-refractivity contribution in [3.63, 3.8) is 0 Å². The van der Waals surface area contributed by atoms with Crippen molar-refractivity contribution in [2.45, 2.75) is 56.9 Å². The van der Waals surface area contributed by atoms with Crippen LogP contribution in [0.2, 0.25) is 0 Å². The number of hydrogen-bond donors (Lipinski definition) is 2. The molecular formula is C63H50O4. The zero-order valence-corrected chi connectivity index (χ0v) is 38.0. The lowest BCUT2D eigenvalue weighted by Crippen LogP contribution is -2.55. The van der Waals surface area contributed by atoms with Crippen LogP contribution in [-0.4, -0.2) is 28.2 Å². The maximum absolute atomic E-state index is 15.1. The average Bonchev–Trinajstić information content (AvgIpc) is 3.72. The molecule has 1 fully saturated rings. The van der Waals surface area contributed by atoms with Gasteiger partial charge in [0.2, 0.25) is 0 Å². The number of hydrogen-bond acceptors (Lipinski definition) is 4. The molecule has 0 radical (unpaired) electrons. The fraction of sp³-hybridized carbons (Fsp3) is 0.143. The molecule has 0 aliphatic carbocycles. The van der Waals surface area contributed by atoms with E-state index >= 15 is 10.2 Å². The van der Waals surface area contributed by atoms with Crippen LogP contribution in [0.15, 0.2) is 200 Å². The third-order valence-corrected chi connectivity index (χ3v) is 14.5. The van der Waals surface area contributed by atoms with Crippen LogP contribution in [0.3, 0.4) is 0 Å². The molecule has 11 aromatic carbocycles. The maximum atomic E-state index is 15.1. The molecule has 0 bridgehead atoms. The second kappa shape index (κ2) is 15.4. The Kier molecular flexibility index (Phi) is 9.52. The van der Waals surface area contributed by atoms with Gasteiger partial charge in [-0.2, -0.15) is 0 Å². The predicted molar refractivity (Wildman–Crippen MR) is 278 cm³/mol. The number of ether oxygens (including phenoxy) is 2. The lowest BCUT2D eigenvalue weighted by Gasteiger charge is -2.44. The molecule has 12 rings (SSSR count). The first-order chi connectivity index (χ1) is 32.6. The number of allylic oxidation sites excluding steroid dienone is 1. The van der Waals surface area contributed by atoms with E-state index in [4.69, 9.17) is 9.47 Å². The van der Waals surface area contributed by atoms with Crippen molar-refractivity contribution in [2.24, 2.45) is 0 Å². The number of rotatable bonds is 7. The summed E-state index contributed by atoms with van der Waals surface area (Å²) in [4.78, 5) is 0. The molecule has 326 valence electrons. The van der Waals surface area contributed by atoms with Crippen LogP contribution < -0.4 is 0 Å². The summed E-state index contributed by atoms with van der Waals surface area (Å²) in [6.07, 6.45) is 1.79. The van der Waals surface area contributed by atoms with Crippen molar-refractivity contribution < 1.29 is 19.7 Å². The summed E-state index contributed by atoms with van der Waals surface area (Å²) in [6, 6.07) is 66.8. The van der Waals surface area contributed by atoms with E-state index in [2.05, 4.69) is 171 Å². The summed E-state index contributed by atoms with van der Waals surface area (Å²) in [6.45, 7) is 7.93. The van der Waals surface area contributed by atoms with Crippen LogP contribution in [-0.2, 0) is 20.7 Å². The average molecular weight is 871 g/mol. The lowest BCUT2D eigenvalue weighted by molar-refractivity contribution is -0.172. The van der Waals surface area contributed by atoms with E-state index in [0.717, 1.165) is 86.5 Å². The number of fused-ring (bicyclic) bond motifs is 10. The van der Waals surface area contributed by atoms with E-state index < -0.39 is 29.2 Å². The van der Waals surface area contributed by atoms with E-state index in [1.165, 1.54) is 0 Å². The summed E-state index contributed by atoms with van der Waals surface area (Å²) < 4.78 is 14.8. The molecule has 1 aliphatic heterocycles. The van der Waals surface area contributed by atoms with Crippen molar-refractivity contribution in [1.29, 1.82) is 0 Å². The smallest absolute Gasteiger partial charge is 0.164 e. The highest BCUT2D eigenvalue weighted by Crippen LogP contribution is 2.55. The van der Waals surface area contributed by atoms with Crippen molar-refractivity contribution >= 4 is 81.5 Å². The van der Waals surface area contributed by atoms with Crippen LogP contribution >= 0.6 is 0 Å². The zero-order chi connectivity index (χ0) is 45.7. The van der Waals surface area contributed by atoms with Gasteiger partial charge in [0, 0.05) is 0 Å². The molecule has 11 aromatic rings. The van der Waals surface area contributed by atoms with Gasteiger partial charge >= 0.3 is 0 Å². The molecule has 1 saturated heterocycles. The van der Waals surface area contributed by atoms with Crippen LogP contribution in [0.1, 0.15) is 54.2 Å². The Morgan fingerprint density at radius 2 is 0.687 bits per heavy atom. The van der Waals surface area contributed by atoms with Crippen LogP contribution in [0.4, 0.5) is 0 Å². The Hall–Kier alpha value is -7.18. The largest absolute Gasteiger partial charge is 0.377 e. The van der Waals surface area contributed by atoms with Crippen molar-refractivity contribution in [1.82, 2.24) is 0 Å². The number of aliphatic hydroxyl groups is 2. The Balaban J connectivity index is 1.26. The standard InChI is InChI=1S/C63H50O4/c1-5-20-43-39(2)35-55(51-31-16-12-27-47(43)51)62(64,56-36-40-21-6-9-24-44(40)48-28-13-17-32-52(48)56)59-60(67-61(3,4)66-59)63(65,57-37-41-22-7-10-25-45(41)49-29-14-18-33-53(49)57)58-38-42-23-8-11-26-46(42)50-30-15-19-34-54(50)58/h5-38,59-60,64-65H,1-4H3. The van der Waals surface area contributed by atoms with Gasteiger partial charge in [0.1, 0.15) is 23.4 Å². The van der Waals surface area contributed by atoms with E-state index in [1.54, 1.807) is 0 Å². The van der Waals surface area contributed by atoms with Gasteiger partial charge in [0.25, 0.3) is 0 Å². The van der Waals surface area contributed by atoms with E-state index in [9.17, 15) is 0 Å². The monoisotopic (exact) mass is 870 g/mol. The molecule has 0 spiro atoms. The Bertz CT molecular complexity index is 3710. The first kappa shape index (κ1) is 41.3. The highest BCUT2D eigenvalue weighted by atomic mass is 16.8. The molecule has 3 atom stereocenters. The first-order valence-electron chi connectivity index (χ1n) is 23.3. The number of benzene rings is 11. The van der Waals surface area contributed by atoms with Gasteiger partial charge in [-0.25, -0.2) is 0 Å². The van der Waals surface area contributed by atoms with Gasteiger partial charge in [-0.15, -0.1) is 0 Å². The predicted octanol–water partition coefficient (Wildman–Crippen LogP) is 14.8. The van der Waals surface area contributed by atoms with E-state index in [1.807, 2.05) is 63.2 Å². The molecule has 0 aromatic heterocycles. The fourth-order valence-electron chi connectivity index (χ4n) is 11.6. The van der Waals surface area contributed by atoms with Crippen molar-refractivity contribution in [3.8, 4) is 0 Å². The Labute approximate surface area is 390 Å². The summed E-state index contributed by atoms with van der Waals surface area (Å²) in [7, 11) is 0. The van der Waals surface area contributed by atoms with E-state index in [-0.39, 0.29) is 0 Å². The third-order valence-electron chi connectivity index (χ3n) is 14.5. The minimum atomic E-state index is -1.96. The van der Waals surface area contributed by atoms with Crippen molar-refractivity contribution in [2.75, 3.05) is 0 Å². The van der Waals surface area contributed by atoms with Crippen LogP contribution in [0, 0.1) is 6.92 Å². The van der Waals surface area contributed by atoms with Gasteiger partial charge in [-0.3, -0.25) is 0 Å². The zero-order valence-electron chi connectivity index (χ0n) is 38.0. The molecule has 67 heavy (non-hydrogen) atoms. The quantitative estimate of drug-likeness (QED) is 0.157. The van der Waals surface area contributed by atoms with Gasteiger partial charge in [-0.05, 0) is 155 Å². The fourth-order valence-corrected chi connectivity index (χ4v) is 11.6. The van der Waals surface area contributed by atoms with Gasteiger partial charge in [-0.1, -0.05) is 188 Å². The normalized spacial score (nSPS) is 17.5. The van der Waals surface area contributed by atoms with Crippen molar-refractivity contribution in [3.05, 3.63) is 234 Å². The third kappa shape index (κ3) is 6.21.